The van der Waals surface area contributed by atoms with E-state index in [1.165, 1.54) is 11.1 Å². The summed E-state index contributed by atoms with van der Waals surface area (Å²) in [6.07, 6.45) is 3.05. The normalized spacial score (nSPS) is 17.0. The Bertz CT molecular complexity index is 697. The first kappa shape index (κ1) is 23.6. The number of aryl methyl sites for hydroxylation is 2. The monoisotopic (exact) mass is 515 g/mol. The second kappa shape index (κ2) is 10.8. The summed E-state index contributed by atoms with van der Waals surface area (Å²) in [7, 11) is -3.06. The molecular formula is C16H30IN5O2S2. The molecule has 7 nitrogen and oxygen atoms in total. The number of sulfonamides is 1. The van der Waals surface area contributed by atoms with Gasteiger partial charge in [0.25, 0.3) is 0 Å². The van der Waals surface area contributed by atoms with Crippen LogP contribution in [0, 0.1) is 19.8 Å². The first-order valence-corrected chi connectivity index (χ1v) is 11.4. The first-order valence-electron chi connectivity index (χ1n) is 8.69. The Labute approximate surface area is 178 Å². The molecule has 0 bridgehead atoms. The van der Waals surface area contributed by atoms with Crippen molar-refractivity contribution in [2.75, 3.05) is 32.4 Å². The smallest absolute Gasteiger partial charge is 0.211 e. The fraction of sp³-hybridized carbons (Fsp3) is 0.750. The second-order valence-corrected chi connectivity index (χ2v) is 9.69. The maximum Gasteiger partial charge on any atom is 0.211 e. The van der Waals surface area contributed by atoms with Crippen LogP contribution >= 0.6 is 35.3 Å². The highest BCUT2D eigenvalue weighted by atomic mass is 127. The van der Waals surface area contributed by atoms with Gasteiger partial charge in [0.05, 0.1) is 23.5 Å². The third-order valence-electron chi connectivity index (χ3n) is 4.33. The number of hydrogen-bond donors (Lipinski definition) is 2. The van der Waals surface area contributed by atoms with Crippen molar-refractivity contribution in [1.82, 2.24) is 19.9 Å². The highest BCUT2D eigenvalue weighted by molar-refractivity contribution is 14.0. The summed E-state index contributed by atoms with van der Waals surface area (Å²) in [5.41, 5.74) is 1.05. The molecule has 0 aliphatic carbocycles. The maximum atomic E-state index is 11.6. The van der Waals surface area contributed by atoms with E-state index in [4.69, 9.17) is 0 Å². The molecule has 1 fully saturated rings. The highest BCUT2D eigenvalue weighted by Gasteiger charge is 2.24. The van der Waals surface area contributed by atoms with E-state index in [9.17, 15) is 8.42 Å². The van der Waals surface area contributed by atoms with Gasteiger partial charge in [-0.3, -0.25) is 0 Å². The van der Waals surface area contributed by atoms with E-state index < -0.39 is 10.0 Å². The lowest BCUT2D eigenvalue weighted by Crippen LogP contribution is -2.44. The number of piperidine rings is 1. The van der Waals surface area contributed by atoms with Gasteiger partial charge < -0.3 is 10.6 Å². The van der Waals surface area contributed by atoms with Crippen molar-refractivity contribution in [2.45, 2.75) is 40.2 Å². The number of guanidine groups is 1. The van der Waals surface area contributed by atoms with Gasteiger partial charge in [0.1, 0.15) is 0 Å². The molecule has 2 rings (SSSR count). The van der Waals surface area contributed by atoms with Crippen LogP contribution in [-0.4, -0.2) is 56.1 Å². The molecule has 0 radical (unpaired) electrons. The fourth-order valence-corrected chi connectivity index (χ4v) is 4.63. The zero-order valence-corrected chi connectivity index (χ0v) is 19.9. The minimum atomic E-state index is -3.06. The molecule has 1 aliphatic rings. The zero-order chi connectivity index (χ0) is 18.4. The van der Waals surface area contributed by atoms with Crippen molar-refractivity contribution in [3.05, 3.63) is 15.6 Å². The van der Waals surface area contributed by atoms with Gasteiger partial charge in [-0.15, -0.1) is 35.3 Å². The van der Waals surface area contributed by atoms with Crippen LogP contribution in [0.2, 0.25) is 0 Å². The van der Waals surface area contributed by atoms with Crippen LogP contribution in [0.4, 0.5) is 0 Å². The molecule has 0 saturated carbocycles. The lowest BCUT2D eigenvalue weighted by Gasteiger charge is -2.30. The Morgan fingerprint density at radius 1 is 1.31 bits per heavy atom. The van der Waals surface area contributed by atoms with E-state index in [0.29, 0.717) is 25.6 Å². The zero-order valence-electron chi connectivity index (χ0n) is 15.9. The molecule has 0 aromatic carbocycles. The maximum absolute atomic E-state index is 11.6. The number of hydrogen-bond acceptors (Lipinski definition) is 5. The minimum Gasteiger partial charge on any atom is -0.357 e. The number of rotatable bonds is 6. The van der Waals surface area contributed by atoms with Gasteiger partial charge in [0.15, 0.2) is 5.96 Å². The minimum absolute atomic E-state index is 0. The first-order chi connectivity index (χ1) is 11.8. The summed E-state index contributed by atoms with van der Waals surface area (Å²) in [5, 5.41) is 7.73. The summed E-state index contributed by atoms with van der Waals surface area (Å²) >= 11 is 1.69. The highest BCUT2D eigenvalue weighted by Crippen LogP contribution is 2.19. The third-order valence-corrected chi connectivity index (χ3v) is 6.69. The van der Waals surface area contributed by atoms with Gasteiger partial charge in [-0.05, 0) is 39.5 Å². The summed E-state index contributed by atoms with van der Waals surface area (Å²) in [6.45, 7) is 9.53. The molecule has 1 aromatic heterocycles. The largest absolute Gasteiger partial charge is 0.357 e. The molecule has 0 atom stereocenters. The van der Waals surface area contributed by atoms with Crippen molar-refractivity contribution < 1.29 is 8.42 Å². The van der Waals surface area contributed by atoms with Gasteiger partial charge in [-0.25, -0.2) is 22.7 Å². The summed E-state index contributed by atoms with van der Waals surface area (Å²) < 4.78 is 24.7. The van der Waals surface area contributed by atoms with Gasteiger partial charge in [0, 0.05) is 31.1 Å². The van der Waals surface area contributed by atoms with Crippen molar-refractivity contribution in [1.29, 1.82) is 0 Å². The molecular weight excluding hydrogens is 485 g/mol. The predicted octanol–water partition coefficient (Wildman–Crippen LogP) is 2.10. The molecule has 2 N–H and O–H groups in total. The average molecular weight is 515 g/mol. The Morgan fingerprint density at radius 3 is 2.46 bits per heavy atom. The van der Waals surface area contributed by atoms with Crippen LogP contribution in [0.15, 0.2) is 4.99 Å². The number of nitrogens with zero attached hydrogens (tertiary/aromatic N) is 3. The van der Waals surface area contributed by atoms with Crippen LogP contribution < -0.4 is 10.6 Å². The molecule has 150 valence electrons. The van der Waals surface area contributed by atoms with E-state index in [1.807, 2.05) is 20.8 Å². The molecule has 1 aliphatic heterocycles. The van der Waals surface area contributed by atoms with Gasteiger partial charge in [-0.2, -0.15) is 0 Å². The number of thiazole rings is 1. The van der Waals surface area contributed by atoms with Crippen LogP contribution in [0.25, 0.3) is 0 Å². The molecule has 1 aromatic rings. The Kier molecular flexibility index (Phi) is 9.76. The van der Waals surface area contributed by atoms with E-state index in [-0.39, 0.29) is 24.0 Å². The van der Waals surface area contributed by atoms with Crippen molar-refractivity contribution in [2.24, 2.45) is 10.9 Å². The number of halogens is 1. The van der Waals surface area contributed by atoms with Gasteiger partial charge >= 0.3 is 0 Å². The number of aliphatic imine (C=N–C) groups is 1. The summed E-state index contributed by atoms with van der Waals surface area (Å²) in [5.74, 6) is 1.27. The lowest BCUT2D eigenvalue weighted by atomic mass is 9.98. The quantitative estimate of drug-likeness (QED) is 0.345. The van der Waals surface area contributed by atoms with Crippen LogP contribution in [0.5, 0.6) is 0 Å². The number of nitrogens with one attached hydrogen (secondary N) is 2. The van der Waals surface area contributed by atoms with Crippen LogP contribution in [0.1, 0.15) is 35.3 Å². The fourth-order valence-electron chi connectivity index (χ4n) is 2.90. The molecule has 0 spiro atoms. The third kappa shape index (κ3) is 7.28. The lowest BCUT2D eigenvalue weighted by molar-refractivity contribution is 0.275. The molecule has 2 heterocycles. The predicted molar refractivity (Wildman–Crippen MR) is 119 cm³/mol. The standard InChI is InChI=1S/C16H29N5O2S2.HI/c1-5-17-16(19-11-15-12(2)20-13(3)24-15)18-10-14-6-8-21(9-7-14)25(4,22)23;/h14H,5-11H2,1-4H3,(H2,17,18,19);1H. The van der Waals surface area contributed by atoms with Crippen molar-refractivity contribution in [3.63, 3.8) is 0 Å². The van der Waals surface area contributed by atoms with Gasteiger partial charge in [0.2, 0.25) is 10.0 Å². The summed E-state index contributed by atoms with van der Waals surface area (Å²) in [4.78, 5) is 10.3. The van der Waals surface area contributed by atoms with E-state index in [1.54, 1.807) is 15.6 Å². The summed E-state index contributed by atoms with van der Waals surface area (Å²) in [6, 6.07) is 0. The SMILES string of the molecule is CCNC(=NCc1sc(C)nc1C)NCC1CCN(S(C)(=O)=O)CC1.I. The van der Waals surface area contributed by atoms with Gasteiger partial charge in [-0.1, -0.05) is 0 Å². The van der Waals surface area contributed by atoms with Crippen LogP contribution in [0.3, 0.4) is 0 Å². The topological polar surface area (TPSA) is 86.7 Å². The Balaban J connectivity index is 0.00000338. The molecule has 0 amide bonds. The van der Waals surface area contributed by atoms with Crippen molar-refractivity contribution >= 4 is 51.3 Å². The Morgan fingerprint density at radius 2 is 1.96 bits per heavy atom. The average Bonchev–Trinajstić information content (AvgIpc) is 2.87. The molecule has 10 heteroatoms. The van der Waals surface area contributed by atoms with E-state index >= 15 is 0 Å². The van der Waals surface area contributed by atoms with E-state index in [0.717, 1.165) is 42.6 Å². The van der Waals surface area contributed by atoms with Crippen LogP contribution in [-0.2, 0) is 16.6 Å². The molecule has 0 unspecified atom stereocenters. The second-order valence-electron chi connectivity index (χ2n) is 6.42. The van der Waals surface area contributed by atoms with E-state index in [2.05, 4.69) is 20.6 Å². The molecule has 26 heavy (non-hydrogen) atoms. The van der Waals surface area contributed by atoms with Crippen molar-refractivity contribution in [3.8, 4) is 0 Å². The Hall–Kier alpha value is -0.460. The number of aromatic nitrogens is 1. The molecule has 1 saturated heterocycles.